The van der Waals surface area contributed by atoms with E-state index in [1.165, 1.54) is 4.90 Å². The van der Waals surface area contributed by atoms with Gasteiger partial charge in [-0.15, -0.1) is 0 Å². The molecule has 1 aromatic carbocycles. The zero-order chi connectivity index (χ0) is 14.7. The van der Waals surface area contributed by atoms with Crippen molar-refractivity contribution < 1.29 is 17.7 Å². The Bertz CT molecular complexity index is 660. The van der Waals surface area contributed by atoms with Gasteiger partial charge in [0.05, 0.1) is 37.3 Å². The smallest absolute Gasteiger partial charge is 0.243 e. The Hall–Kier alpha value is -1.63. The molecule has 2 heterocycles. The molecule has 3 rings (SSSR count). The van der Waals surface area contributed by atoms with Crippen molar-refractivity contribution in [2.75, 3.05) is 26.2 Å². The summed E-state index contributed by atoms with van der Waals surface area (Å²) in [4.78, 5) is 1.73. The molecule has 0 radical (unpaired) electrons. The standard InChI is InChI=1S/C15H18N2O3S/c18-21(19,15-6-2-1-3-7-15)17-10-8-16(9-11-17)13-14-5-4-12-20-14/h1-7,12H,8-11,13H2/p+1. The van der Waals surface area contributed by atoms with Gasteiger partial charge in [-0.05, 0) is 24.3 Å². The van der Waals surface area contributed by atoms with E-state index in [0.29, 0.717) is 18.0 Å². The Labute approximate surface area is 124 Å². The maximum Gasteiger partial charge on any atom is 0.243 e. The molecule has 0 aliphatic carbocycles. The lowest BCUT2D eigenvalue weighted by molar-refractivity contribution is -0.918. The number of piperazine rings is 1. The van der Waals surface area contributed by atoms with Crippen LogP contribution in [0, 0.1) is 0 Å². The van der Waals surface area contributed by atoms with Gasteiger partial charge in [0.2, 0.25) is 10.0 Å². The molecule has 1 aliphatic heterocycles. The number of furan rings is 1. The molecular formula is C15H19N2O3S+. The van der Waals surface area contributed by atoms with Gasteiger partial charge in [0.15, 0.2) is 5.76 Å². The summed E-state index contributed by atoms with van der Waals surface area (Å²) in [5.41, 5.74) is 0. The summed E-state index contributed by atoms with van der Waals surface area (Å²) in [7, 11) is -3.35. The fourth-order valence-electron chi connectivity index (χ4n) is 2.62. The second-order valence-corrected chi connectivity index (χ2v) is 7.16. The summed E-state index contributed by atoms with van der Waals surface area (Å²) in [5.74, 6) is 0.948. The van der Waals surface area contributed by atoms with Crippen LogP contribution in [0.5, 0.6) is 0 Å². The van der Waals surface area contributed by atoms with Crippen molar-refractivity contribution in [1.29, 1.82) is 0 Å². The minimum absolute atomic E-state index is 0.375. The molecular weight excluding hydrogens is 288 g/mol. The van der Waals surface area contributed by atoms with Gasteiger partial charge in [-0.2, -0.15) is 4.31 Å². The summed E-state index contributed by atoms with van der Waals surface area (Å²) in [6.45, 7) is 3.51. The normalized spacial score (nSPS) is 17.9. The first-order valence-corrected chi connectivity index (χ1v) is 8.51. The average Bonchev–Trinajstić information content (AvgIpc) is 3.02. The Morgan fingerprint density at radius 3 is 2.38 bits per heavy atom. The first-order chi connectivity index (χ1) is 10.2. The van der Waals surface area contributed by atoms with Crippen molar-refractivity contribution in [3.63, 3.8) is 0 Å². The molecule has 1 saturated heterocycles. The van der Waals surface area contributed by atoms with Crippen LogP contribution in [0.25, 0.3) is 0 Å². The maximum absolute atomic E-state index is 12.5. The summed E-state index contributed by atoms with van der Waals surface area (Å²) in [5, 5.41) is 0. The van der Waals surface area contributed by atoms with E-state index in [-0.39, 0.29) is 0 Å². The van der Waals surface area contributed by atoms with Crippen molar-refractivity contribution in [1.82, 2.24) is 4.31 Å². The molecule has 2 aromatic rings. The Kier molecular flexibility index (Phi) is 4.10. The third-order valence-corrected chi connectivity index (χ3v) is 5.73. The van der Waals surface area contributed by atoms with Gasteiger partial charge < -0.3 is 9.32 Å². The molecule has 0 bridgehead atoms. The number of nitrogens with one attached hydrogen (secondary N) is 1. The van der Waals surface area contributed by atoms with E-state index in [1.807, 2.05) is 18.2 Å². The molecule has 1 aromatic heterocycles. The van der Waals surface area contributed by atoms with Crippen molar-refractivity contribution in [3.8, 4) is 0 Å². The molecule has 0 atom stereocenters. The lowest BCUT2D eigenvalue weighted by atomic mass is 10.3. The predicted octanol–water partition coefficient (Wildman–Crippen LogP) is 0.369. The molecule has 21 heavy (non-hydrogen) atoms. The number of benzene rings is 1. The van der Waals surface area contributed by atoms with Crippen LogP contribution in [0.15, 0.2) is 58.0 Å². The number of hydrogen-bond donors (Lipinski definition) is 1. The van der Waals surface area contributed by atoms with Crippen LogP contribution in [0.1, 0.15) is 5.76 Å². The van der Waals surface area contributed by atoms with Crippen LogP contribution in [-0.4, -0.2) is 38.9 Å². The van der Waals surface area contributed by atoms with Crippen LogP contribution in [0.3, 0.4) is 0 Å². The van der Waals surface area contributed by atoms with Gasteiger partial charge in [0.1, 0.15) is 6.54 Å². The van der Waals surface area contributed by atoms with E-state index in [1.54, 1.807) is 34.8 Å². The lowest BCUT2D eigenvalue weighted by Crippen LogP contribution is -3.13. The van der Waals surface area contributed by atoms with Gasteiger partial charge in [-0.3, -0.25) is 0 Å². The zero-order valence-corrected chi connectivity index (χ0v) is 12.6. The summed E-state index contributed by atoms with van der Waals surface area (Å²) in [6, 6.07) is 12.5. The predicted molar refractivity (Wildman–Crippen MR) is 78.3 cm³/mol. The number of hydrogen-bond acceptors (Lipinski definition) is 3. The van der Waals surface area contributed by atoms with Crippen molar-refractivity contribution >= 4 is 10.0 Å². The molecule has 112 valence electrons. The highest BCUT2D eigenvalue weighted by molar-refractivity contribution is 7.89. The second kappa shape index (κ2) is 6.01. The Morgan fingerprint density at radius 2 is 1.76 bits per heavy atom. The van der Waals surface area contributed by atoms with E-state index in [2.05, 4.69) is 0 Å². The maximum atomic E-state index is 12.5. The van der Waals surface area contributed by atoms with E-state index in [0.717, 1.165) is 25.4 Å². The summed E-state index contributed by atoms with van der Waals surface area (Å²) < 4.78 is 31.9. The van der Waals surface area contributed by atoms with Gasteiger partial charge >= 0.3 is 0 Å². The van der Waals surface area contributed by atoms with Crippen LogP contribution >= 0.6 is 0 Å². The van der Waals surface area contributed by atoms with E-state index >= 15 is 0 Å². The quantitative estimate of drug-likeness (QED) is 0.888. The van der Waals surface area contributed by atoms with E-state index in [9.17, 15) is 8.42 Å². The first-order valence-electron chi connectivity index (χ1n) is 7.07. The Balaban J connectivity index is 1.63. The molecule has 0 amide bonds. The summed E-state index contributed by atoms with van der Waals surface area (Å²) >= 11 is 0. The van der Waals surface area contributed by atoms with Gasteiger partial charge in [0, 0.05) is 0 Å². The van der Waals surface area contributed by atoms with Gasteiger partial charge in [-0.25, -0.2) is 8.42 Å². The number of sulfonamides is 1. The van der Waals surface area contributed by atoms with E-state index in [4.69, 9.17) is 4.42 Å². The molecule has 0 unspecified atom stereocenters. The number of quaternary nitrogens is 1. The fraction of sp³-hybridized carbons (Fsp3) is 0.333. The zero-order valence-electron chi connectivity index (χ0n) is 11.7. The van der Waals surface area contributed by atoms with Gasteiger partial charge in [0.25, 0.3) is 0 Å². The van der Waals surface area contributed by atoms with Crippen LogP contribution in [0.4, 0.5) is 0 Å². The minimum Gasteiger partial charge on any atom is -0.463 e. The molecule has 6 heteroatoms. The van der Waals surface area contributed by atoms with Crippen LogP contribution in [0.2, 0.25) is 0 Å². The lowest BCUT2D eigenvalue weighted by Gasteiger charge is -2.31. The molecule has 0 spiro atoms. The van der Waals surface area contributed by atoms with Gasteiger partial charge in [-0.1, -0.05) is 18.2 Å². The van der Waals surface area contributed by atoms with Crippen molar-refractivity contribution in [2.24, 2.45) is 0 Å². The molecule has 1 fully saturated rings. The van der Waals surface area contributed by atoms with Crippen LogP contribution < -0.4 is 4.90 Å². The van der Waals surface area contributed by atoms with E-state index < -0.39 is 10.0 Å². The van der Waals surface area contributed by atoms with Crippen LogP contribution in [-0.2, 0) is 16.6 Å². The fourth-order valence-corrected chi connectivity index (χ4v) is 4.08. The van der Waals surface area contributed by atoms with Crippen molar-refractivity contribution in [2.45, 2.75) is 11.4 Å². The highest BCUT2D eigenvalue weighted by Gasteiger charge is 2.30. The highest BCUT2D eigenvalue weighted by atomic mass is 32.2. The number of rotatable bonds is 4. The number of nitrogens with zero attached hydrogens (tertiary/aromatic N) is 1. The van der Waals surface area contributed by atoms with Crippen molar-refractivity contribution in [3.05, 3.63) is 54.5 Å². The average molecular weight is 307 g/mol. The summed E-state index contributed by atoms with van der Waals surface area (Å²) in [6.07, 6.45) is 1.67. The molecule has 0 saturated carbocycles. The second-order valence-electron chi connectivity index (χ2n) is 5.22. The topological polar surface area (TPSA) is 55.0 Å². The minimum atomic E-state index is -3.35. The SMILES string of the molecule is O=S(=O)(c1ccccc1)N1CC[NH+](Cc2ccco2)CC1. The molecule has 5 nitrogen and oxygen atoms in total. The molecule has 1 aliphatic rings. The first kappa shape index (κ1) is 14.3. The monoisotopic (exact) mass is 307 g/mol. The highest BCUT2D eigenvalue weighted by Crippen LogP contribution is 2.14. The third kappa shape index (κ3) is 3.18. The third-order valence-electron chi connectivity index (χ3n) is 3.81. The Morgan fingerprint density at radius 1 is 1.05 bits per heavy atom. The largest absolute Gasteiger partial charge is 0.463 e. The molecule has 1 N–H and O–H groups in total.